The van der Waals surface area contributed by atoms with Crippen LogP contribution in [0.25, 0.3) is 11.1 Å². The molecule has 0 N–H and O–H groups in total. The molecule has 0 aromatic carbocycles. The summed E-state index contributed by atoms with van der Waals surface area (Å²) in [5.41, 5.74) is 5.19. The SMILES string of the molecule is CCCc1ncc(-c2ccncc2C)c([C@@H]2CCCN2C(=O)c2c(C)noc2C)n1. The maximum Gasteiger partial charge on any atom is 0.259 e. The third kappa shape index (κ3) is 3.60. The van der Waals surface area contributed by atoms with E-state index in [1.54, 1.807) is 13.1 Å². The molecule has 0 spiro atoms. The number of pyridine rings is 1. The lowest BCUT2D eigenvalue weighted by atomic mass is 9.97. The van der Waals surface area contributed by atoms with E-state index < -0.39 is 0 Å². The summed E-state index contributed by atoms with van der Waals surface area (Å²) in [7, 11) is 0. The molecular formula is C23H27N5O2. The molecule has 1 aliphatic heterocycles. The Morgan fingerprint density at radius 3 is 2.77 bits per heavy atom. The fourth-order valence-corrected chi connectivity index (χ4v) is 4.24. The van der Waals surface area contributed by atoms with Gasteiger partial charge in [-0.15, -0.1) is 0 Å². The highest BCUT2D eigenvalue weighted by molar-refractivity contribution is 5.96. The molecule has 1 fully saturated rings. The molecule has 1 amide bonds. The highest BCUT2D eigenvalue weighted by Crippen LogP contribution is 2.38. The summed E-state index contributed by atoms with van der Waals surface area (Å²) < 4.78 is 5.25. The molecule has 7 nitrogen and oxygen atoms in total. The van der Waals surface area contributed by atoms with E-state index >= 15 is 0 Å². The molecule has 1 saturated heterocycles. The number of rotatable bonds is 5. The number of hydrogen-bond acceptors (Lipinski definition) is 6. The molecule has 3 aromatic heterocycles. The Kier molecular flexibility index (Phi) is 5.61. The van der Waals surface area contributed by atoms with Crippen LogP contribution in [0.15, 0.2) is 29.2 Å². The Labute approximate surface area is 176 Å². The first-order valence-corrected chi connectivity index (χ1v) is 10.5. The number of amides is 1. The summed E-state index contributed by atoms with van der Waals surface area (Å²) in [4.78, 5) is 29.1. The molecule has 0 radical (unpaired) electrons. The second-order valence-electron chi connectivity index (χ2n) is 7.88. The third-order valence-electron chi connectivity index (χ3n) is 5.73. The van der Waals surface area contributed by atoms with Crippen molar-refractivity contribution in [3.8, 4) is 11.1 Å². The van der Waals surface area contributed by atoms with Crippen LogP contribution in [0, 0.1) is 20.8 Å². The molecule has 30 heavy (non-hydrogen) atoms. The van der Waals surface area contributed by atoms with Crippen LogP contribution in [0.2, 0.25) is 0 Å². The van der Waals surface area contributed by atoms with Crippen molar-refractivity contribution in [3.05, 3.63) is 58.8 Å². The van der Waals surface area contributed by atoms with E-state index in [1.807, 2.05) is 37.2 Å². The topological polar surface area (TPSA) is 85.0 Å². The van der Waals surface area contributed by atoms with Gasteiger partial charge in [0.1, 0.15) is 17.1 Å². The Morgan fingerprint density at radius 2 is 2.07 bits per heavy atom. The summed E-state index contributed by atoms with van der Waals surface area (Å²) in [6.07, 6.45) is 9.13. The predicted molar refractivity (Wildman–Crippen MR) is 113 cm³/mol. The van der Waals surface area contributed by atoms with E-state index in [0.29, 0.717) is 23.6 Å². The summed E-state index contributed by atoms with van der Waals surface area (Å²) >= 11 is 0. The first kappa shape index (κ1) is 20.2. The third-order valence-corrected chi connectivity index (χ3v) is 5.73. The minimum atomic E-state index is -0.104. The van der Waals surface area contributed by atoms with E-state index in [9.17, 15) is 4.79 Å². The monoisotopic (exact) mass is 405 g/mol. The van der Waals surface area contributed by atoms with Gasteiger partial charge in [-0.2, -0.15) is 0 Å². The van der Waals surface area contributed by atoms with Gasteiger partial charge in [0, 0.05) is 37.1 Å². The van der Waals surface area contributed by atoms with Crippen LogP contribution in [0.4, 0.5) is 0 Å². The molecule has 7 heteroatoms. The van der Waals surface area contributed by atoms with Crippen molar-refractivity contribution in [2.45, 2.75) is 59.4 Å². The summed E-state index contributed by atoms with van der Waals surface area (Å²) in [5, 5.41) is 3.97. The number of nitrogens with zero attached hydrogens (tertiary/aromatic N) is 5. The van der Waals surface area contributed by atoms with Crippen molar-refractivity contribution >= 4 is 5.91 Å². The highest BCUT2D eigenvalue weighted by Gasteiger charge is 2.36. The van der Waals surface area contributed by atoms with E-state index in [4.69, 9.17) is 9.51 Å². The maximum absolute atomic E-state index is 13.4. The Hall–Kier alpha value is -3.09. The van der Waals surface area contributed by atoms with Gasteiger partial charge in [-0.25, -0.2) is 9.97 Å². The summed E-state index contributed by atoms with van der Waals surface area (Å²) in [6.45, 7) is 8.44. The lowest BCUT2D eigenvalue weighted by Crippen LogP contribution is -2.32. The molecule has 3 aromatic rings. The van der Waals surface area contributed by atoms with Gasteiger partial charge in [-0.05, 0) is 57.2 Å². The Bertz CT molecular complexity index is 1060. The van der Waals surface area contributed by atoms with Crippen molar-refractivity contribution in [1.29, 1.82) is 0 Å². The highest BCUT2D eigenvalue weighted by atomic mass is 16.5. The van der Waals surface area contributed by atoms with Gasteiger partial charge in [-0.3, -0.25) is 9.78 Å². The lowest BCUT2D eigenvalue weighted by Gasteiger charge is -2.26. The fourth-order valence-electron chi connectivity index (χ4n) is 4.24. The number of aromatic nitrogens is 4. The van der Waals surface area contributed by atoms with Crippen LogP contribution in [0.5, 0.6) is 0 Å². The zero-order chi connectivity index (χ0) is 21.3. The first-order valence-electron chi connectivity index (χ1n) is 10.5. The molecule has 1 atom stereocenters. The first-order chi connectivity index (χ1) is 14.5. The minimum absolute atomic E-state index is 0.0400. The van der Waals surface area contributed by atoms with Crippen molar-refractivity contribution in [2.24, 2.45) is 0 Å². The molecule has 0 aliphatic carbocycles. The molecule has 0 unspecified atom stereocenters. The van der Waals surface area contributed by atoms with Gasteiger partial charge in [0.2, 0.25) is 0 Å². The second kappa shape index (κ2) is 8.34. The number of aryl methyl sites for hydroxylation is 4. The summed E-state index contributed by atoms with van der Waals surface area (Å²) in [5.74, 6) is 1.34. The zero-order valence-corrected chi connectivity index (χ0v) is 18.0. The van der Waals surface area contributed by atoms with Gasteiger partial charge in [0.25, 0.3) is 5.91 Å². The van der Waals surface area contributed by atoms with E-state index in [0.717, 1.165) is 53.9 Å². The molecule has 1 aliphatic rings. The standard InChI is InChI=1S/C23H27N5O2/c1-5-7-20-25-13-18(17-9-10-24-12-14(17)2)22(26-20)19-8-6-11-28(19)23(29)21-15(3)27-30-16(21)4/h9-10,12-13,19H,5-8,11H2,1-4H3/t19-/m0/s1. The number of carbonyl (C=O) groups is 1. The quantitative estimate of drug-likeness (QED) is 0.626. The zero-order valence-electron chi connectivity index (χ0n) is 18.0. The number of carbonyl (C=O) groups excluding carboxylic acids is 1. The molecule has 4 heterocycles. The van der Waals surface area contributed by atoms with Crippen LogP contribution in [0.1, 0.15) is 71.1 Å². The normalized spacial score (nSPS) is 16.3. The number of hydrogen-bond donors (Lipinski definition) is 0. The molecule has 4 rings (SSSR count). The average Bonchev–Trinajstić information content (AvgIpc) is 3.35. The van der Waals surface area contributed by atoms with E-state index in [1.165, 1.54) is 0 Å². The van der Waals surface area contributed by atoms with Crippen LogP contribution in [-0.2, 0) is 6.42 Å². The molecule has 0 bridgehead atoms. The van der Waals surface area contributed by atoms with Crippen molar-refractivity contribution in [3.63, 3.8) is 0 Å². The Morgan fingerprint density at radius 1 is 1.23 bits per heavy atom. The van der Waals surface area contributed by atoms with Gasteiger partial charge in [-0.1, -0.05) is 12.1 Å². The van der Waals surface area contributed by atoms with E-state index in [-0.39, 0.29) is 11.9 Å². The lowest BCUT2D eigenvalue weighted by molar-refractivity contribution is 0.0730. The van der Waals surface area contributed by atoms with Crippen molar-refractivity contribution in [1.82, 2.24) is 25.0 Å². The van der Waals surface area contributed by atoms with Crippen LogP contribution >= 0.6 is 0 Å². The predicted octanol–water partition coefficient (Wildman–Crippen LogP) is 4.38. The Balaban J connectivity index is 1.80. The van der Waals surface area contributed by atoms with Gasteiger partial charge >= 0.3 is 0 Å². The van der Waals surface area contributed by atoms with Gasteiger partial charge in [0.05, 0.1) is 17.4 Å². The second-order valence-corrected chi connectivity index (χ2v) is 7.88. The largest absolute Gasteiger partial charge is 0.361 e. The fraction of sp³-hybridized carbons (Fsp3) is 0.435. The van der Waals surface area contributed by atoms with Gasteiger partial charge < -0.3 is 9.42 Å². The smallest absolute Gasteiger partial charge is 0.259 e. The van der Waals surface area contributed by atoms with Crippen molar-refractivity contribution in [2.75, 3.05) is 6.54 Å². The maximum atomic E-state index is 13.4. The van der Waals surface area contributed by atoms with Crippen LogP contribution in [0.3, 0.4) is 0 Å². The molecule has 0 saturated carbocycles. The van der Waals surface area contributed by atoms with Crippen LogP contribution in [-0.4, -0.2) is 37.5 Å². The van der Waals surface area contributed by atoms with E-state index in [2.05, 4.69) is 22.0 Å². The molecule has 156 valence electrons. The minimum Gasteiger partial charge on any atom is -0.361 e. The van der Waals surface area contributed by atoms with Crippen LogP contribution < -0.4 is 0 Å². The summed E-state index contributed by atoms with van der Waals surface area (Å²) in [6, 6.07) is 1.89. The van der Waals surface area contributed by atoms with Gasteiger partial charge in [0.15, 0.2) is 0 Å². The number of likely N-dealkylation sites (tertiary alicyclic amines) is 1. The average molecular weight is 406 g/mol. The molecular weight excluding hydrogens is 378 g/mol. The van der Waals surface area contributed by atoms with Crippen molar-refractivity contribution < 1.29 is 9.32 Å².